The molecular formula is C19H15ClN2O4. The molecule has 1 saturated heterocycles. The Morgan fingerprint density at radius 3 is 2.31 bits per heavy atom. The molecule has 1 aromatic carbocycles. The van der Waals surface area contributed by atoms with Crippen LogP contribution in [0, 0.1) is 35.5 Å². The highest BCUT2D eigenvalue weighted by molar-refractivity contribution is 6.33. The summed E-state index contributed by atoms with van der Waals surface area (Å²) in [5, 5.41) is 5.68. The molecule has 4 aliphatic carbocycles. The average molecular weight is 371 g/mol. The number of imide groups is 1. The van der Waals surface area contributed by atoms with E-state index in [0.29, 0.717) is 33.9 Å². The van der Waals surface area contributed by atoms with Crippen molar-refractivity contribution in [1.29, 1.82) is 0 Å². The SMILES string of the molecule is O=C1C2C3C=CC(C4CC34)C2C(=O)N1/N=C/c1cc2c(cc1Cl)OCO2. The highest BCUT2D eigenvalue weighted by Gasteiger charge is 2.67. The highest BCUT2D eigenvalue weighted by Crippen LogP contribution is 2.65. The van der Waals surface area contributed by atoms with Crippen LogP contribution >= 0.6 is 11.6 Å². The van der Waals surface area contributed by atoms with Crippen molar-refractivity contribution in [1.82, 2.24) is 5.01 Å². The van der Waals surface area contributed by atoms with Crippen LogP contribution in [0.5, 0.6) is 11.5 Å². The van der Waals surface area contributed by atoms with Gasteiger partial charge in [0.05, 0.1) is 23.1 Å². The number of hydrazone groups is 1. The van der Waals surface area contributed by atoms with Crippen molar-refractivity contribution in [2.24, 2.45) is 40.6 Å². The van der Waals surface area contributed by atoms with Crippen LogP contribution in [-0.4, -0.2) is 29.8 Å². The Morgan fingerprint density at radius 1 is 1.04 bits per heavy atom. The Morgan fingerprint density at radius 2 is 1.65 bits per heavy atom. The molecule has 7 heteroatoms. The molecule has 1 aromatic rings. The highest BCUT2D eigenvalue weighted by atomic mass is 35.5. The number of fused-ring (bicyclic) bond motifs is 1. The van der Waals surface area contributed by atoms with Crippen LogP contribution in [0.3, 0.4) is 0 Å². The Bertz CT molecular complexity index is 890. The van der Waals surface area contributed by atoms with E-state index in [1.807, 2.05) is 0 Å². The number of hydrogen-bond donors (Lipinski definition) is 0. The number of allylic oxidation sites excluding steroid dienone is 2. The lowest BCUT2D eigenvalue weighted by molar-refractivity contribution is -0.140. The first kappa shape index (κ1) is 14.8. The van der Waals surface area contributed by atoms with Gasteiger partial charge in [0.15, 0.2) is 11.5 Å². The largest absolute Gasteiger partial charge is 0.454 e. The molecule has 26 heavy (non-hydrogen) atoms. The van der Waals surface area contributed by atoms with Gasteiger partial charge in [0.1, 0.15) is 0 Å². The summed E-state index contributed by atoms with van der Waals surface area (Å²) in [7, 11) is 0. The lowest BCUT2D eigenvalue weighted by Gasteiger charge is -2.37. The summed E-state index contributed by atoms with van der Waals surface area (Å²) in [6.45, 7) is 0.150. The molecule has 2 bridgehead atoms. The smallest absolute Gasteiger partial charge is 0.254 e. The van der Waals surface area contributed by atoms with Gasteiger partial charge in [-0.3, -0.25) is 9.59 Å². The summed E-state index contributed by atoms with van der Waals surface area (Å²) < 4.78 is 10.6. The van der Waals surface area contributed by atoms with E-state index in [2.05, 4.69) is 17.3 Å². The molecule has 132 valence electrons. The topological polar surface area (TPSA) is 68.2 Å². The molecule has 2 aliphatic heterocycles. The maximum atomic E-state index is 12.9. The number of carbonyl (C=O) groups is 2. The Labute approximate surface area is 154 Å². The van der Waals surface area contributed by atoms with Crippen LogP contribution in [0.1, 0.15) is 12.0 Å². The van der Waals surface area contributed by atoms with E-state index in [1.165, 1.54) is 6.21 Å². The van der Waals surface area contributed by atoms with Crippen molar-refractivity contribution < 1.29 is 19.1 Å². The fourth-order valence-electron chi connectivity index (χ4n) is 5.21. The van der Waals surface area contributed by atoms with Gasteiger partial charge in [0, 0.05) is 11.6 Å². The Balaban J connectivity index is 1.32. The van der Waals surface area contributed by atoms with Crippen molar-refractivity contribution in [3.8, 4) is 11.5 Å². The summed E-state index contributed by atoms with van der Waals surface area (Å²) >= 11 is 6.24. The van der Waals surface area contributed by atoms with Crippen LogP contribution in [0.2, 0.25) is 5.02 Å². The zero-order valence-corrected chi connectivity index (χ0v) is 14.4. The maximum Gasteiger partial charge on any atom is 0.254 e. The molecule has 6 nitrogen and oxygen atoms in total. The summed E-state index contributed by atoms with van der Waals surface area (Å²) in [6.07, 6.45) is 6.89. The van der Waals surface area contributed by atoms with Crippen molar-refractivity contribution in [3.05, 3.63) is 34.9 Å². The van der Waals surface area contributed by atoms with Crippen LogP contribution in [0.4, 0.5) is 0 Å². The molecule has 2 saturated carbocycles. The lowest BCUT2D eigenvalue weighted by Crippen LogP contribution is -2.40. The third kappa shape index (κ3) is 1.80. The first-order valence-corrected chi connectivity index (χ1v) is 9.20. The fourth-order valence-corrected chi connectivity index (χ4v) is 5.41. The monoisotopic (exact) mass is 370 g/mol. The molecule has 7 rings (SSSR count). The number of rotatable bonds is 2. The average Bonchev–Trinajstić information content (AvgIpc) is 3.29. The first-order chi connectivity index (χ1) is 12.6. The molecule has 0 N–H and O–H groups in total. The maximum absolute atomic E-state index is 12.9. The van der Waals surface area contributed by atoms with E-state index in [0.717, 1.165) is 11.4 Å². The van der Waals surface area contributed by atoms with Crippen LogP contribution in [0.25, 0.3) is 0 Å². The van der Waals surface area contributed by atoms with Gasteiger partial charge in [-0.2, -0.15) is 10.1 Å². The molecule has 2 heterocycles. The normalized spacial score (nSPS) is 38.3. The van der Waals surface area contributed by atoms with Gasteiger partial charge in [-0.15, -0.1) is 0 Å². The van der Waals surface area contributed by atoms with E-state index >= 15 is 0 Å². The van der Waals surface area contributed by atoms with Crippen molar-refractivity contribution in [2.75, 3.05) is 6.79 Å². The van der Waals surface area contributed by atoms with Gasteiger partial charge in [0.2, 0.25) is 6.79 Å². The van der Waals surface area contributed by atoms with Gasteiger partial charge >= 0.3 is 0 Å². The third-order valence-corrected chi connectivity index (χ3v) is 6.77. The minimum absolute atomic E-state index is 0.150. The number of ether oxygens (including phenoxy) is 2. The minimum Gasteiger partial charge on any atom is -0.454 e. The van der Waals surface area contributed by atoms with Crippen LogP contribution in [0.15, 0.2) is 29.4 Å². The molecular weight excluding hydrogens is 356 g/mol. The van der Waals surface area contributed by atoms with Crippen molar-refractivity contribution in [2.45, 2.75) is 6.42 Å². The summed E-state index contributed by atoms with van der Waals surface area (Å²) in [6, 6.07) is 3.35. The number of halogens is 1. The number of benzene rings is 1. The quantitative estimate of drug-likeness (QED) is 0.455. The van der Waals surface area contributed by atoms with Crippen molar-refractivity contribution in [3.63, 3.8) is 0 Å². The van der Waals surface area contributed by atoms with Crippen molar-refractivity contribution >= 4 is 29.6 Å². The zero-order valence-electron chi connectivity index (χ0n) is 13.7. The molecule has 6 aliphatic rings. The molecule has 6 atom stereocenters. The predicted octanol–water partition coefficient (Wildman–Crippen LogP) is 2.46. The van der Waals surface area contributed by atoms with E-state index < -0.39 is 0 Å². The summed E-state index contributed by atoms with van der Waals surface area (Å²) in [5.41, 5.74) is 0.579. The second-order valence-corrected chi connectivity index (χ2v) is 8.02. The summed E-state index contributed by atoms with van der Waals surface area (Å²) in [5.74, 6) is 1.85. The van der Waals surface area contributed by atoms with Gasteiger partial charge in [-0.25, -0.2) is 0 Å². The van der Waals surface area contributed by atoms with Gasteiger partial charge in [0.25, 0.3) is 11.8 Å². The number of carbonyl (C=O) groups excluding carboxylic acids is 2. The van der Waals surface area contributed by atoms with E-state index in [4.69, 9.17) is 21.1 Å². The molecule has 6 unspecified atom stereocenters. The van der Waals surface area contributed by atoms with Gasteiger partial charge in [-0.1, -0.05) is 23.8 Å². The van der Waals surface area contributed by atoms with E-state index in [9.17, 15) is 9.59 Å². The second kappa shape index (κ2) is 4.88. The van der Waals surface area contributed by atoms with E-state index in [-0.39, 0.29) is 42.3 Å². The fraction of sp³-hybridized carbons (Fsp3) is 0.421. The molecule has 0 radical (unpaired) electrons. The zero-order chi connectivity index (χ0) is 17.6. The second-order valence-electron chi connectivity index (χ2n) is 7.61. The Hall–Kier alpha value is -2.34. The molecule has 0 aromatic heterocycles. The molecule has 0 spiro atoms. The molecule has 3 fully saturated rings. The minimum atomic E-state index is -0.245. The number of amides is 2. The van der Waals surface area contributed by atoms with Gasteiger partial charge in [-0.05, 0) is 36.2 Å². The summed E-state index contributed by atoms with van der Waals surface area (Å²) in [4.78, 5) is 25.8. The number of hydrogen-bond acceptors (Lipinski definition) is 5. The third-order valence-electron chi connectivity index (χ3n) is 6.44. The Kier molecular flexibility index (Phi) is 2.78. The standard InChI is InChI=1S/C19H15ClN2O4/c20-13-5-15-14(25-7-26-15)3-8(13)6-21-22-18(23)16-9-1-2-10(12-4-11(9)12)17(16)19(22)24/h1-3,5-6,9-12,16-17H,4,7H2/b21-6+. The van der Waals surface area contributed by atoms with E-state index in [1.54, 1.807) is 12.1 Å². The molecule has 2 amide bonds. The van der Waals surface area contributed by atoms with Gasteiger partial charge < -0.3 is 9.47 Å². The lowest BCUT2D eigenvalue weighted by atomic mass is 9.63. The van der Waals surface area contributed by atoms with Crippen LogP contribution < -0.4 is 9.47 Å². The number of nitrogens with zero attached hydrogens (tertiary/aromatic N) is 2. The first-order valence-electron chi connectivity index (χ1n) is 8.83. The van der Waals surface area contributed by atoms with Crippen LogP contribution in [-0.2, 0) is 9.59 Å². The predicted molar refractivity (Wildman–Crippen MR) is 91.7 cm³/mol.